The first kappa shape index (κ1) is 12.7. The van der Waals surface area contributed by atoms with Crippen LogP contribution in [0.1, 0.15) is 35.3 Å². The molecule has 19 heavy (non-hydrogen) atoms. The highest BCUT2D eigenvalue weighted by molar-refractivity contribution is 9.10. The van der Waals surface area contributed by atoms with Crippen LogP contribution in [-0.2, 0) is 0 Å². The van der Waals surface area contributed by atoms with Crippen molar-refractivity contribution in [2.24, 2.45) is 0 Å². The first-order valence-electron chi connectivity index (χ1n) is 6.35. The predicted octanol–water partition coefficient (Wildman–Crippen LogP) is 4.31. The minimum Gasteiger partial charge on any atom is -0.485 e. The van der Waals surface area contributed by atoms with Gasteiger partial charge in [0.1, 0.15) is 11.9 Å². The van der Waals surface area contributed by atoms with E-state index in [4.69, 9.17) is 4.74 Å². The Bertz CT molecular complexity index is 609. The van der Waals surface area contributed by atoms with Crippen LogP contribution in [-0.4, -0.2) is 5.11 Å². The fraction of sp³-hybridized carbons (Fsp3) is 0.250. The van der Waals surface area contributed by atoms with Gasteiger partial charge in [0.15, 0.2) is 0 Å². The van der Waals surface area contributed by atoms with E-state index in [9.17, 15) is 5.11 Å². The highest BCUT2D eigenvalue weighted by Crippen LogP contribution is 2.42. The van der Waals surface area contributed by atoms with Gasteiger partial charge < -0.3 is 9.84 Å². The predicted molar refractivity (Wildman–Crippen MR) is 78.3 cm³/mol. The van der Waals surface area contributed by atoms with Crippen molar-refractivity contribution >= 4 is 15.9 Å². The molecule has 1 unspecified atom stereocenters. The number of ether oxygens (including phenoxy) is 1. The quantitative estimate of drug-likeness (QED) is 0.848. The normalized spacial score (nSPS) is 21.6. The third-order valence-electron chi connectivity index (χ3n) is 3.49. The topological polar surface area (TPSA) is 29.5 Å². The van der Waals surface area contributed by atoms with Crippen LogP contribution in [0.3, 0.4) is 0 Å². The molecule has 2 aromatic rings. The SMILES string of the molecule is Cc1ccc(C2C[C@@H](O)c3ccccc3O2)c(Br)c1. The van der Waals surface area contributed by atoms with Gasteiger partial charge >= 0.3 is 0 Å². The molecule has 1 aliphatic rings. The first-order valence-corrected chi connectivity index (χ1v) is 7.14. The van der Waals surface area contributed by atoms with E-state index in [0.717, 1.165) is 21.3 Å². The van der Waals surface area contributed by atoms with E-state index in [-0.39, 0.29) is 6.10 Å². The first-order chi connectivity index (χ1) is 9.15. The van der Waals surface area contributed by atoms with Gasteiger partial charge in [0.05, 0.1) is 6.10 Å². The summed E-state index contributed by atoms with van der Waals surface area (Å²) in [5.41, 5.74) is 3.16. The molecule has 0 bridgehead atoms. The molecule has 3 heteroatoms. The zero-order chi connectivity index (χ0) is 13.4. The summed E-state index contributed by atoms with van der Waals surface area (Å²) in [6, 6.07) is 13.9. The van der Waals surface area contributed by atoms with Crippen LogP contribution in [0.15, 0.2) is 46.9 Å². The molecule has 1 N–H and O–H groups in total. The Balaban J connectivity index is 1.97. The number of rotatable bonds is 1. The third-order valence-corrected chi connectivity index (χ3v) is 4.17. The highest BCUT2D eigenvalue weighted by Gasteiger charge is 2.28. The lowest BCUT2D eigenvalue weighted by Crippen LogP contribution is -2.19. The van der Waals surface area contributed by atoms with Crippen LogP contribution in [0, 0.1) is 6.92 Å². The lowest BCUT2D eigenvalue weighted by molar-refractivity contribution is 0.0654. The summed E-state index contributed by atoms with van der Waals surface area (Å²) in [6.07, 6.45) is 0.00149. The number of hydrogen-bond acceptors (Lipinski definition) is 2. The van der Waals surface area contributed by atoms with Gasteiger partial charge in [-0.2, -0.15) is 0 Å². The zero-order valence-electron chi connectivity index (χ0n) is 10.6. The number of hydrogen-bond donors (Lipinski definition) is 1. The van der Waals surface area contributed by atoms with Gasteiger partial charge in [-0.3, -0.25) is 0 Å². The Morgan fingerprint density at radius 2 is 1.95 bits per heavy atom. The molecular weight excluding hydrogens is 304 g/mol. The molecule has 2 atom stereocenters. The van der Waals surface area contributed by atoms with E-state index in [1.54, 1.807) is 0 Å². The number of aryl methyl sites for hydroxylation is 1. The fourth-order valence-electron chi connectivity index (χ4n) is 2.48. The zero-order valence-corrected chi connectivity index (χ0v) is 12.2. The fourth-order valence-corrected chi connectivity index (χ4v) is 3.23. The monoisotopic (exact) mass is 318 g/mol. The maximum absolute atomic E-state index is 10.2. The molecule has 2 nitrogen and oxygen atoms in total. The minimum absolute atomic E-state index is 0.111. The van der Waals surface area contributed by atoms with Crippen LogP contribution in [0.2, 0.25) is 0 Å². The van der Waals surface area contributed by atoms with Crippen LogP contribution in [0.5, 0.6) is 5.75 Å². The molecule has 2 aromatic carbocycles. The van der Waals surface area contributed by atoms with E-state index >= 15 is 0 Å². The van der Waals surface area contributed by atoms with Crippen LogP contribution in [0.25, 0.3) is 0 Å². The molecule has 0 aliphatic carbocycles. The standard InChI is InChI=1S/C16H15BrO2/c1-10-6-7-11(13(17)8-10)16-9-14(18)12-4-2-3-5-15(12)19-16/h2-8,14,16,18H,9H2,1H3/t14-,16?/m1/s1. The summed E-state index contributed by atoms with van der Waals surface area (Å²) in [5.74, 6) is 0.777. The van der Waals surface area contributed by atoms with Crippen LogP contribution < -0.4 is 4.74 Å². The number of para-hydroxylation sites is 1. The Hall–Kier alpha value is -1.32. The number of aliphatic hydroxyl groups excluding tert-OH is 1. The van der Waals surface area contributed by atoms with Gasteiger partial charge in [0.2, 0.25) is 0 Å². The van der Waals surface area contributed by atoms with E-state index in [2.05, 4.69) is 41.1 Å². The summed E-state index contributed by atoms with van der Waals surface area (Å²) in [7, 11) is 0. The summed E-state index contributed by atoms with van der Waals surface area (Å²) in [4.78, 5) is 0. The van der Waals surface area contributed by atoms with Gasteiger partial charge in [-0.05, 0) is 24.6 Å². The minimum atomic E-state index is -0.469. The Labute approximate surface area is 121 Å². The maximum atomic E-state index is 10.2. The van der Waals surface area contributed by atoms with Crippen molar-refractivity contribution in [1.82, 2.24) is 0 Å². The number of aliphatic hydroxyl groups is 1. The molecule has 0 spiro atoms. The van der Waals surface area contributed by atoms with Gasteiger partial charge in [0.25, 0.3) is 0 Å². The molecule has 0 aromatic heterocycles. The van der Waals surface area contributed by atoms with Crippen molar-refractivity contribution in [1.29, 1.82) is 0 Å². The highest BCUT2D eigenvalue weighted by atomic mass is 79.9. The molecule has 0 amide bonds. The molecule has 0 radical (unpaired) electrons. The van der Waals surface area contributed by atoms with Crippen molar-refractivity contribution in [3.8, 4) is 5.75 Å². The number of halogens is 1. The summed E-state index contributed by atoms with van der Waals surface area (Å²) < 4.78 is 7.05. The molecule has 98 valence electrons. The average Bonchev–Trinajstić information content (AvgIpc) is 2.38. The van der Waals surface area contributed by atoms with Crippen molar-refractivity contribution < 1.29 is 9.84 Å². The average molecular weight is 319 g/mol. The molecule has 0 saturated heterocycles. The van der Waals surface area contributed by atoms with Crippen LogP contribution >= 0.6 is 15.9 Å². The van der Waals surface area contributed by atoms with Gasteiger partial charge in [-0.15, -0.1) is 0 Å². The lowest BCUT2D eigenvalue weighted by Gasteiger charge is -2.30. The molecule has 0 fully saturated rings. The third kappa shape index (κ3) is 2.40. The molecule has 1 aliphatic heterocycles. The summed E-state index contributed by atoms with van der Waals surface area (Å²) in [6.45, 7) is 2.06. The largest absolute Gasteiger partial charge is 0.485 e. The molecule has 3 rings (SSSR count). The number of fused-ring (bicyclic) bond motifs is 1. The molecule has 1 heterocycles. The van der Waals surface area contributed by atoms with Crippen LogP contribution in [0.4, 0.5) is 0 Å². The lowest BCUT2D eigenvalue weighted by atomic mass is 9.95. The second-order valence-electron chi connectivity index (χ2n) is 4.92. The number of benzene rings is 2. The summed E-state index contributed by atoms with van der Waals surface area (Å²) in [5, 5.41) is 10.2. The molecular formula is C16H15BrO2. The van der Waals surface area contributed by atoms with Crippen molar-refractivity contribution in [2.75, 3.05) is 0 Å². The van der Waals surface area contributed by atoms with Gasteiger partial charge in [-0.25, -0.2) is 0 Å². The Morgan fingerprint density at radius 1 is 1.16 bits per heavy atom. The second-order valence-corrected chi connectivity index (χ2v) is 5.78. The van der Waals surface area contributed by atoms with Crippen molar-refractivity contribution in [2.45, 2.75) is 25.6 Å². The Kier molecular flexibility index (Phi) is 3.33. The van der Waals surface area contributed by atoms with Gasteiger partial charge in [0, 0.05) is 22.0 Å². The van der Waals surface area contributed by atoms with Crippen molar-refractivity contribution in [3.05, 3.63) is 63.6 Å². The second kappa shape index (κ2) is 4.99. The molecule has 0 saturated carbocycles. The van der Waals surface area contributed by atoms with Gasteiger partial charge in [-0.1, -0.05) is 46.3 Å². The summed E-state index contributed by atoms with van der Waals surface area (Å²) >= 11 is 3.58. The van der Waals surface area contributed by atoms with E-state index in [1.165, 1.54) is 5.56 Å². The van der Waals surface area contributed by atoms with E-state index in [0.29, 0.717) is 6.42 Å². The smallest absolute Gasteiger partial charge is 0.128 e. The van der Waals surface area contributed by atoms with Crippen molar-refractivity contribution in [3.63, 3.8) is 0 Å². The van der Waals surface area contributed by atoms with E-state index < -0.39 is 6.10 Å². The maximum Gasteiger partial charge on any atom is 0.128 e. The van der Waals surface area contributed by atoms with E-state index in [1.807, 2.05) is 24.3 Å². The Morgan fingerprint density at radius 3 is 2.74 bits per heavy atom.